The highest BCUT2D eigenvalue weighted by Gasteiger charge is 2.31. The van der Waals surface area contributed by atoms with Crippen LogP contribution in [0.1, 0.15) is 6.42 Å². The minimum atomic E-state index is -3.73. The van der Waals surface area contributed by atoms with Crippen LogP contribution in [0.25, 0.3) is 33.1 Å². The first-order valence-corrected chi connectivity index (χ1v) is 11.0. The Kier molecular flexibility index (Phi) is 4.28. The number of sulfonamides is 1. The number of para-hydroxylation sites is 1. The lowest BCUT2D eigenvalue weighted by molar-refractivity contribution is 0.472. The summed E-state index contributed by atoms with van der Waals surface area (Å²) in [6, 6.07) is 12.9. The number of fused-ring (bicyclic) bond motifs is 2. The standard InChI is InChI=1S/C21H19FN4O3S/c22-19-15-6-5-14(30(28,29)26-8-7-13(23)11-26)10-18(15)24-20(19)16-9-12-3-1-2-4-17(12)25-21(16)27/h1-6,9-10,13,24H,7-8,11,23H2,(H,25,27). The Morgan fingerprint density at radius 3 is 2.63 bits per heavy atom. The van der Waals surface area contributed by atoms with Crippen LogP contribution in [0, 0.1) is 5.82 Å². The molecule has 0 aliphatic carbocycles. The Bertz CT molecular complexity index is 1460. The smallest absolute Gasteiger partial charge is 0.257 e. The topological polar surface area (TPSA) is 112 Å². The largest absolute Gasteiger partial charge is 0.352 e. The second-order valence-electron chi connectivity index (χ2n) is 7.53. The van der Waals surface area contributed by atoms with Crippen LogP contribution in [-0.4, -0.2) is 41.8 Å². The van der Waals surface area contributed by atoms with Crippen molar-refractivity contribution < 1.29 is 12.8 Å². The van der Waals surface area contributed by atoms with E-state index in [1.807, 2.05) is 12.1 Å². The van der Waals surface area contributed by atoms with Gasteiger partial charge in [-0.2, -0.15) is 4.31 Å². The summed E-state index contributed by atoms with van der Waals surface area (Å²) in [4.78, 5) is 18.2. The zero-order valence-electron chi connectivity index (χ0n) is 15.9. The van der Waals surface area contributed by atoms with Crippen LogP contribution in [0.15, 0.2) is 58.2 Å². The maximum atomic E-state index is 15.1. The maximum Gasteiger partial charge on any atom is 0.257 e. The third-order valence-electron chi connectivity index (χ3n) is 5.55. The van der Waals surface area contributed by atoms with Crippen LogP contribution in [-0.2, 0) is 10.0 Å². The van der Waals surface area contributed by atoms with E-state index in [-0.39, 0.29) is 34.1 Å². The van der Waals surface area contributed by atoms with Crippen molar-refractivity contribution in [2.24, 2.45) is 5.73 Å². The number of nitrogens with zero attached hydrogens (tertiary/aromatic N) is 1. The number of nitrogens with one attached hydrogen (secondary N) is 2. The third-order valence-corrected chi connectivity index (χ3v) is 7.42. The molecular formula is C21H19FN4O3S. The van der Waals surface area contributed by atoms with E-state index < -0.39 is 21.4 Å². The molecule has 154 valence electrons. The number of pyridine rings is 1. The Labute approximate surface area is 171 Å². The van der Waals surface area contributed by atoms with Crippen LogP contribution >= 0.6 is 0 Å². The summed E-state index contributed by atoms with van der Waals surface area (Å²) >= 11 is 0. The zero-order valence-corrected chi connectivity index (χ0v) is 16.7. The summed E-state index contributed by atoms with van der Waals surface area (Å²) in [6.07, 6.45) is 0.605. The number of hydrogen-bond donors (Lipinski definition) is 3. The molecule has 9 heteroatoms. The summed E-state index contributed by atoms with van der Waals surface area (Å²) in [6.45, 7) is 0.621. The van der Waals surface area contributed by atoms with Gasteiger partial charge in [0.1, 0.15) is 0 Å². The summed E-state index contributed by atoms with van der Waals surface area (Å²) < 4.78 is 42.2. The van der Waals surface area contributed by atoms with Crippen LogP contribution in [0.5, 0.6) is 0 Å². The molecule has 0 bridgehead atoms. The lowest BCUT2D eigenvalue weighted by Crippen LogP contribution is -2.31. The van der Waals surface area contributed by atoms with Crippen molar-refractivity contribution in [3.8, 4) is 11.3 Å². The van der Waals surface area contributed by atoms with Crippen LogP contribution in [0.4, 0.5) is 4.39 Å². The van der Waals surface area contributed by atoms with Gasteiger partial charge in [-0.15, -0.1) is 0 Å². The average Bonchev–Trinajstić information content (AvgIpc) is 3.31. The fourth-order valence-corrected chi connectivity index (χ4v) is 5.48. The highest BCUT2D eigenvalue weighted by Crippen LogP contribution is 2.31. The number of rotatable bonds is 3. The Morgan fingerprint density at radius 2 is 1.87 bits per heavy atom. The third kappa shape index (κ3) is 2.94. The van der Waals surface area contributed by atoms with Crippen molar-refractivity contribution in [1.82, 2.24) is 14.3 Å². The number of hydrogen-bond acceptors (Lipinski definition) is 4. The molecule has 2 aromatic heterocycles. The fraction of sp³-hybridized carbons (Fsp3) is 0.190. The van der Waals surface area contributed by atoms with Gasteiger partial charge in [-0.25, -0.2) is 12.8 Å². The van der Waals surface area contributed by atoms with E-state index in [0.717, 1.165) is 5.39 Å². The van der Waals surface area contributed by atoms with Crippen LogP contribution < -0.4 is 11.3 Å². The van der Waals surface area contributed by atoms with E-state index in [2.05, 4.69) is 9.97 Å². The van der Waals surface area contributed by atoms with Crippen molar-refractivity contribution >= 4 is 31.8 Å². The van der Waals surface area contributed by atoms with Gasteiger partial charge in [0.2, 0.25) is 10.0 Å². The molecule has 7 nitrogen and oxygen atoms in total. The molecule has 5 rings (SSSR count). The first-order valence-electron chi connectivity index (χ1n) is 9.54. The fourth-order valence-electron chi connectivity index (χ4n) is 3.94. The summed E-state index contributed by atoms with van der Waals surface area (Å²) in [5, 5.41) is 0.980. The highest BCUT2D eigenvalue weighted by atomic mass is 32.2. The number of halogens is 1. The molecule has 1 fully saturated rings. The molecule has 1 aliphatic rings. The van der Waals surface area contributed by atoms with Gasteiger partial charge in [0, 0.05) is 30.0 Å². The summed E-state index contributed by atoms with van der Waals surface area (Å²) in [5.41, 5.74) is 6.54. The summed E-state index contributed by atoms with van der Waals surface area (Å²) in [7, 11) is -3.73. The second kappa shape index (κ2) is 6.76. The first-order chi connectivity index (χ1) is 14.3. The van der Waals surface area contributed by atoms with E-state index >= 15 is 4.39 Å². The normalized spacial score (nSPS) is 17.9. The van der Waals surface area contributed by atoms with Gasteiger partial charge in [-0.05, 0) is 42.1 Å². The molecule has 2 aromatic carbocycles. The van der Waals surface area contributed by atoms with E-state index in [1.54, 1.807) is 18.2 Å². The SMILES string of the molecule is NC1CCN(S(=O)(=O)c2ccc3c(F)c(-c4cc5ccccc5[nH]c4=O)[nH]c3c2)C1. The highest BCUT2D eigenvalue weighted by molar-refractivity contribution is 7.89. The molecule has 3 heterocycles. The predicted octanol–water partition coefficient (Wildman–Crippen LogP) is 2.54. The Morgan fingerprint density at radius 1 is 1.07 bits per heavy atom. The van der Waals surface area contributed by atoms with Gasteiger partial charge in [0.05, 0.1) is 21.7 Å². The average molecular weight is 426 g/mol. The van der Waals surface area contributed by atoms with Crippen LogP contribution in [0.3, 0.4) is 0 Å². The summed E-state index contributed by atoms with van der Waals surface area (Å²) in [5.74, 6) is -0.599. The van der Waals surface area contributed by atoms with Gasteiger partial charge < -0.3 is 15.7 Å². The molecule has 4 aromatic rings. The van der Waals surface area contributed by atoms with Crippen molar-refractivity contribution in [1.29, 1.82) is 0 Å². The quantitative estimate of drug-likeness (QED) is 0.467. The molecule has 30 heavy (non-hydrogen) atoms. The second-order valence-corrected chi connectivity index (χ2v) is 9.47. The van der Waals surface area contributed by atoms with E-state index in [4.69, 9.17) is 5.73 Å². The molecule has 1 aliphatic heterocycles. The number of aromatic amines is 2. The number of benzene rings is 2. The molecule has 1 atom stereocenters. The Balaban J connectivity index is 1.63. The number of H-pyrrole nitrogens is 2. The van der Waals surface area contributed by atoms with Crippen LogP contribution in [0.2, 0.25) is 0 Å². The van der Waals surface area contributed by atoms with Crippen molar-refractivity contribution in [3.63, 3.8) is 0 Å². The number of aromatic nitrogens is 2. The minimum Gasteiger partial charge on any atom is -0.352 e. The van der Waals surface area contributed by atoms with E-state index in [1.165, 1.54) is 22.5 Å². The first kappa shape index (κ1) is 19.0. The van der Waals surface area contributed by atoms with Gasteiger partial charge in [0.15, 0.2) is 5.82 Å². The molecule has 4 N–H and O–H groups in total. The van der Waals surface area contributed by atoms with E-state index in [0.29, 0.717) is 24.0 Å². The maximum absolute atomic E-state index is 15.1. The predicted molar refractivity (Wildman–Crippen MR) is 113 cm³/mol. The van der Waals surface area contributed by atoms with Crippen molar-refractivity contribution in [3.05, 3.63) is 64.7 Å². The van der Waals surface area contributed by atoms with E-state index in [9.17, 15) is 13.2 Å². The molecule has 1 saturated heterocycles. The molecule has 0 amide bonds. The Hall–Kier alpha value is -3.01. The van der Waals surface area contributed by atoms with Gasteiger partial charge in [0.25, 0.3) is 5.56 Å². The zero-order chi connectivity index (χ0) is 21.0. The minimum absolute atomic E-state index is 0.0229. The molecule has 0 radical (unpaired) electrons. The molecule has 1 unspecified atom stereocenters. The lowest BCUT2D eigenvalue weighted by Gasteiger charge is -2.15. The monoisotopic (exact) mass is 426 g/mol. The lowest BCUT2D eigenvalue weighted by atomic mass is 10.1. The van der Waals surface area contributed by atoms with Gasteiger partial charge >= 0.3 is 0 Å². The molecular weight excluding hydrogens is 407 g/mol. The van der Waals surface area contributed by atoms with Gasteiger partial charge in [-0.3, -0.25) is 4.79 Å². The molecule has 0 spiro atoms. The molecule has 0 saturated carbocycles. The van der Waals surface area contributed by atoms with Crippen molar-refractivity contribution in [2.45, 2.75) is 17.4 Å². The van der Waals surface area contributed by atoms with Gasteiger partial charge in [-0.1, -0.05) is 18.2 Å². The number of nitrogens with two attached hydrogens (primary N) is 1. The van der Waals surface area contributed by atoms with Crippen molar-refractivity contribution in [2.75, 3.05) is 13.1 Å².